The number of benzene rings is 2. The lowest BCUT2D eigenvalue weighted by molar-refractivity contribution is -0.143. The Kier molecular flexibility index (Phi) is 9.99. The van der Waals surface area contributed by atoms with Crippen molar-refractivity contribution in [3.63, 3.8) is 0 Å². The van der Waals surface area contributed by atoms with Crippen molar-refractivity contribution in [3.8, 4) is 0 Å². The van der Waals surface area contributed by atoms with Crippen LogP contribution in [0.1, 0.15) is 73.8 Å². The largest absolute Gasteiger partial charge is 0.466 e. The van der Waals surface area contributed by atoms with Crippen molar-refractivity contribution >= 4 is 23.1 Å². The van der Waals surface area contributed by atoms with E-state index >= 15 is 0 Å². The number of hydrogen-bond acceptors (Lipinski definition) is 2. The first kappa shape index (κ1) is 25.7. The van der Waals surface area contributed by atoms with Gasteiger partial charge in [-0.3, -0.25) is 4.79 Å². The number of aryl methyl sites for hydroxylation is 1. The first-order valence-electron chi connectivity index (χ1n) is 11.3. The molecule has 0 aliphatic rings. The Bertz CT molecular complexity index is 1010. The summed E-state index contributed by atoms with van der Waals surface area (Å²) in [6.07, 6.45) is 8.51. The minimum Gasteiger partial charge on any atom is -0.466 e. The zero-order chi connectivity index (χ0) is 23.7. The summed E-state index contributed by atoms with van der Waals surface area (Å²) >= 11 is 6.29. The van der Waals surface area contributed by atoms with Crippen LogP contribution in [0.2, 0.25) is 0 Å². The van der Waals surface area contributed by atoms with E-state index in [2.05, 4.69) is 70.2 Å². The highest BCUT2D eigenvalue weighted by Crippen LogP contribution is 2.33. The van der Waals surface area contributed by atoms with E-state index < -0.39 is 0 Å². The van der Waals surface area contributed by atoms with Gasteiger partial charge in [-0.15, -0.1) is 0 Å². The molecule has 2 aromatic rings. The van der Waals surface area contributed by atoms with Crippen molar-refractivity contribution in [3.05, 3.63) is 99.6 Å². The van der Waals surface area contributed by atoms with Crippen LogP contribution >= 0.6 is 11.6 Å². The fourth-order valence-corrected chi connectivity index (χ4v) is 3.96. The van der Waals surface area contributed by atoms with Gasteiger partial charge in [0.05, 0.1) is 13.0 Å². The molecule has 32 heavy (non-hydrogen) atoms. The van der Waals surface area contributed by atoms with Gasteiger partial charge in [-0.2, -0.15) is 0 Å². The Balaban J connectivity index is 2.54. The molecule has 0 bridgehead atoms. The van der Waals surface area contributed by atoms with Gasteiger partial charge in [-0.1, -0.05) is 86.1 Å². The Labute approximate surface area is 198 Å². The third-order valence-electron chi connectivity index (χ3n) is 5.85. The highest BCUT2D eigenvalue weighted by molar-refractivity contribution is 6.31. The molecule has 0 aliphatic heterocycles. The summed E-state index contributed by atoms with van der Waals surface area (Å²) in [6.45, 7) is 12.8. The van der Waals surface area contributed by atoms with Crippen LogP contribution < -0.4 is 0 Å². The molecule has 0 radical (unpaired) electrons. The van der Waals surface area contributed by atoms with Crippen molar-refractivity contribution in [2.24, 2.45) is 0 Å². The molecule has 0 fully saturated rings. The van der Waals surface area contributed by atoms with Gasteiger partial charge in [0.25, 0.3) is 0 Å². The van der Waals surface area contributed by atoms with Crippen molar-refractivity contribution in [1.29, 1.82) is 0 Å². The number of carbonyl (C=O) groups excluding carboxylic acids is 1. The molecule has 2 rings (SSSR count). The van der Waals surface area contributed by atoms with Gasteiger partial charge >= 0.3 is 5.97 Å². The van der Waals surface area contributed by atoms with Gasteiger partial charge in [0.15, 0.2) is 0 Å². The molecule has 170 valence electrons. The molecule has 2 nitrogen and oxygen atoms in total. The van der Waals surface area contributed by atoms with Gasteiger partial charge in [0, 0.05) is 11.0 Å². The molecular weight excluding hydrogens is 416 g/mol. The molecule has 0 aliphatic carbocycles. The lowest BCUT2D eigenvalue weighted by Gasteiger charge is -2.19. The quantitative estimate of drug-likeness (QED) is 0.284. The van der Waals surface area contributed by atoms with Crippen LogP contribution in [0, 0.1) is 13.8 Å². The van der Waals surface area contributed by atoms with E-state index in [0.717, 1.165) is 16.7 Å². The fourth-order valence-electron chi connectivity index (χ4n) is 3.90. The van der Waals surface area contributed by atoms with Gasteiger partial charge in [-0.05, 0) is 73.1 Å². The van der Waals surface area contributed by atoms with Crippen molar-refractivity contribution in [2.45, 2.75) is 59.8 Å². The van der Waals surface area contributed by atoms with E-state index in [-0.39, 0.29) is 17.8 Å². The SMILES string of the molecule is C\C=C(Cl)/C=C\C(=C\C(C)c1cccc(C)c1C)c1ccccc1C(C)CC(=O)OCC. The lowest BCUT2D eigenvalue weighted by Crippen LogP contribution is -2.09. The molecule has 0 saturated carbocycles. The zero-order valence-corrected chi connectivity index (χ0v) is 20.9. The topological polar surface area (TPSA) is 26.3 Å². The monoisotopic (exact) mass is 450 g/mol. The molecule has 0 spiro atoms. The lowest BCUT2D eigenvalue weighted by atomic mass is 9.86. The van der Waals surface area contributed by atoms with Crippen LogP contribution in [0.25, 0.3) is 5.57 Å². The number of ether oxygens (including phenoxy) is 1. The Morgan fingerprint density at radius 2 is 1.72 bits per heavy atom. The van der Waals surface area contributed by atoms with Gasteiger partial charge in [0.1, 0.15) is 0 Å². The number of rotatable bonds is 9. The van der Waals surface area contributed by atoms with E-state index in [9.17, 15) is 4.79 Å². The maximum atomic E-state index is 12.1. The third-order valence-corrected chi connectivity index (χ3v) is 6.19. The molecule has 0 amide bonds. The second-order valence-corrected chi connectivity index (χ2v) is 8.64. The van der Waals surface area contributed by atoms with E-state index in [1.54, 1.807) is 0 Å². The maximum Gasteiger partial charge on any atom is 0.306 e. The number of esters is 1. The number of hydrogen-bond donors (Lipinski definition) is 0. The molecule has 3 heteroatoms. The standard InChI is InChI=1S/C29H35ClO2/c1-7-25(30)17-16-24(18-21(4)26-15-11-12-20(3)23(26)6)28-14-10-9-13-27(28)22(5)19-29(31)32-8-2/h7,9-18,21-22H,8,19H2,1-6H3/b17-16-,24-18-,25-7+. The summed E-state index contributed by atoms with van der Waals surface area (Å²) in [5, 5.41) is 0.687. The average Bonchev–Trinajstić information content (AvgIpc) is 2.78. The molecule has 0 aromatic heterocycles. The first-order chi connectivity index (χ1) is 15.3. The predicted octanol–water partition coefficient (Wildman–Crippen LogP) is 8.25. The maximum absolute atomic E-state index is 12.1. The minimum absolute atomic E-state index is 0.0373. The smallest absolute Gasteiger partial charge is 0.306 e. The number of carbonyl (C=O) groups is 1. The highest BCUT2D eigenvalue weighted by atomic mass is 35.5. The third kappa shape index (κ3) is 6.97. The van der Waals surface area contributed by atoms with Crippen LogP contribution in [-0.2, 0) is 9.53 Å². The average molecular weight is 451 g/mol. The number of halogens is 1. The zero-order valence-electron chi connectivity index (χ0n) is 20.1. The van der Waals surface area contributed by atoms with Crippen LogP contribution in [0.15, 0.2) is 71.8 Å². The van der Waals surface area contributed by atoms with E-state index in [0.29, 0.717) is 18.1 Å². The van der Waals surface area contributed by atoms with Crippen LogP contribution in [0.4, 0.5) is 0 Å². The van der Waals surface area contributed by atoms with Gasteiger partial charge < -0.3 is 4.74 Å². The summed E-state index contributed by atoms with van der Waals surface area (Å²) < 4.78 is 5.18. The van der Waals surface area contributed by atoms with Gasteiger partial charge in [-0.25, -0.2) is 0 Å². The molecule has 0 heterocycles. The molecule has 2 atom stereocenters. The molecular formula is C29H35ClO2. The highest BCUT2D eigenvalue weighted by Gasteiger charge is 2.17. The summed E-state index contributed by atoms with van der Waals surface area (Å²) in [5.41, 5.74) is 7.24. The van der Waals surface area contributed by atoms with Crippen molar-refractivity contribution in [1.82, 2.24) is 0 Å². The summed E-state index contributed by atoms with van der Waals surface area (Å²) in [7, 11) is 0. The van der Waals surface area contributed by atoms with E-state index in [1.807, 2.05) is 38.1 Å². The molecule has 2 unspecified atom stereocenters. The summed E-state index contributed by atoms with van der Waals surface area (Å²) in [6, 6.07) is 14.7. The molecule has 0 N–H and O–H groups in total. The molecule has 0 saturated heterocycles. The minimum atomic E-state index is -0.170. The first-order valence-corrected chi connectivity index (χ1v) is 11.7. The Morgan fingerprint density at radius 3 is 2.41 bits per heavy atom. The summed E-state index contributed by atoms with van der Waals surface area (Å²) in [5.74, 6) is 0.0826. The van der Waals surface area contributed by atoms with Crippen molar-refractivity contribution < 1.29 is 9.53 Å². The fraction of sp³-hybridized carbons (Fsp3) is 0.345. The van der Waals surface area contributed by atoms with Crippen LogP contribution in [0.5, 0.6) is 0 Å². The van der Waals surface area contributed by atoms with E-state index in [4.69, 9.17) is 16.3 Å². The van der Waals surface area contributed by atoms with Crippen LogP contribution in [0.3, 0.4) is 0 Å². The van der Waals surface area contributed by atoms with Crippen molar-refractivity contribution in [2.75, 3.05) is 6.61 Å². The normalized spacial score (nSPS) is 14.5. The number of allylic oxidation sites excluding steroid dienone is 6. The Morgan fingerprint density at radius 1 is 1.03 bits per heavy atom. The Hall–Kier alpha value is -2.58. The van der Waals surface area contributed by atoms with E-state index in [1.165, 1.54) is 16.7 Å². The molecule has 2 aromatic carbocycles. The second kappa shape index (κ2) is 12.5. The van der Waals surface area contributed by atoms with Gasteiger partial charge in [0.2, 0.25) is 0 Å². The van der Waals surface area contributed by atoms with Crippen LogP contribution in [-0.4, -0.2) is 12.6 Å². The predicted molar refractivity (Wildman–Crippen MR) is 137 cm³/mol. The second-order valence-electron chi connectivity index (χ2n) is 8.20. The summed E-state index contributed by atoms with van der Waals surface area (Å²) in [4.78, 5) is 12.1.